The van der Waals surface area contributed by atoms with Gasteiger partial charge in [-0.2, -0.15) is 4.57 Å². The van der Waals surface area contributed by atoms with Gasteiger partial charge in [0.2, 0.25) is 0 Å². The molecule has 5 heteroatoms. The van der Waals surface area contributed by atoms with Crippen molar-refractivity contribution >= 4 is 5.97 Å². The molecule has 0 radical (unpaired) electrons. The largest absolute Gasteiger partial charge is 0.539 e. The first-order valence-corrected chi connectivity index (χ1v) is 8.18. The highest BCUT2D eigenvalue weighted by atomic mass is 16.4. The molecule has 0 fully saturated rings. The fraction of sp³-hybridized carbons (Fsp3) is 0. The van der Waals surface area contributed by atoms with E-state index in [-0.39, 0.29) is 5.82 Å². The maximum absolute atomic E-state index is 12.0. The fourth-order valence-electron chi connectivity index (χ4n) is 2.90. The van der Waals surface area contributed by atoms with Gasteiger partial charge in [0.15, 0.2) is 0 Å². The molecule has 4 aromatic rings. The number of hydrogen-bond donors (Lipinski definition) is 0. The first-order chi connectivity index (χ1) is 12.8. The first kappa shape index (κ1) is 15.8. The molecule has 1 aromatic heterocycles. The van der Waals surface area contributed by atoms with Gasteiger partial charge in [-0.05, 0) is 36.4 Å². The van der Waals surface area contributed by atoms with Crippen molar-refractivity contribution in [3.05, 3.63) is 96.8 Å². The van der Waals surface area contributed by atoms with Crippen LogP contribution in [0.3, 0.4) is 0 Å². The highest BCUT2D eigenvalue weighted by Crippen LogP contribution is 2.19. The number of aromatic carboxylic acids is 1. The van der Waals surface area contributed by atoms with Gasteiger partial charge in [-0.15, -0.1) is 0 Å². The summed E-state index contributed by atoms with van der Waals surface area (Å²) in [5.41, 5.74) is 2.17. The summed E-state index contributed by atoms with van der Waals surface area (Å²) in [4.78, 5) is 12.0. The molecule has 3 aromatic carbocycles. The molecule has 4 rings (SSSR count). The van der Waals surface area contributed by atoms with Gasteiger partial charge in [0, 0.05) is 0 Å². The van der Waals surface area contributed by atoms with Gasteiger partial charge >= 0.3 is 5.82 Å². The Labute approximate surface area is 150 Å². The topological polar surface area (TPSA) is 61.8 Å². The van der Waals surface area contributed by atoms with Gasteiger partial charge in [0.1, 0.15) is 17.3 Å². The Hall–Kier alpha value is -3.73. The van der Waals surface area contributed by atoms with E-state index in [2.05, 4.69) is 5.10 Å². The summed E-state index contributed by atoms with van der Waals surface area (Å²) in [6, 6.07) is 27.9. The zero-order valence-electron chi connectivity index (χ0n) is 13.8. The third-order valence-corrected chi connectivity index (χ3v) is 4.05. The summed E-state index contributed by atoms with van der Waals surface area (Å²) in [7, 11) is 0. The van der Waals surface area contributed by atoms with Crippen molar-refractivity contribution in [2.75, 3.05) is 0 Å². The molecule has 0 unspecified atom stereocenters. The molecule has 0 bridgehead atoms. The highest BCUT2D eigenvalue weighted by molar-refractivity contribution is 5.81. The van der Waals surface area contributed by atoms with Crippen molar-refractivity contribution in [1.29, 1.82) is 0 Å². The SMILES string of the molecule is O=C([O-])c1n(-c2ccccc2)nc(-c2ccccc2)[n+]1-c1ccccc1. The number of carbonyl (C=O) groups excluding carboxylic acids is 1. The summed E-state index contributed by atoms with van der Waals surface area (Å²) in [6.07, 6.45) is 0. The van der Waals surface area contributed by atoms with Crippen LogP contribution >= 0.6 is 0 Å². The number of hydrogen-bond acceptors (Lipinski definition) is 3. The van der Waals surface area contributed by atoms with E-state index in [0.717, 1.165) is 5.56 Å². The van der Waals surface area contributed by atoms with E-state index in [4.69, 9.17) is 0 Å². The molecule has 0 atom stereocenters. The molecule has 0 spiro atoms. The van der Waals surface area contributed by atoms with Crippen molar-refractivity contribution in [2.24, 2.45) is 0 Å². The van der Waals surface area contributed by atoms with Crippen LogP contribution in [0.25, 0.3) is 22.8 Å². The van der Waals surface area contributed by atoms with Crippen LogP contribution in [0.15, 0.2) is 91.0 Å². The van der Waals surface area contributed by atoms with Crippen LogP contribution in [0.1, 0.15) is 10.6 Å². The van der Waals surface area contributed by atoms with Crippen LogP contribution in [-0.4, -0.2) is 15.7 Å². The minimum Gasteiger partial charge on any atom is -0.539 e. The van der Waals surface area contributed by atoms with Gasteiger partial charge in [-0.1, -0.05) is 59.3 Å². The lowest BCUT2D eigenvalue weighted by Crippen LogP contribution is -2.43. The van der Waals surface area contributed by atoms with Gasteiger partial charge < -0.3 is 9.90 Å². The summed E-state index contributed by atoms with van der Waals surface area (Å²) in [5, 5.41) is 16.6. The van der Waals surface area contributed by atoms with E-state index in [1.54, 1.807) is 4.57 Å². The van der Waals surface area contributed by atoms with E-state index in [9.17, 15) is 9.90 Å². The monoisotopic (exact) mass is 341 g/mol. The minimum atomic E-state index is -1.30. The normalized spacial score (nSPS) is 10.6. The second-order valence-corrected chi connectivity index (χ2v) is 5.72. The van der Waals surface area contributed by atoms with Crippen molar-refractivity contribution in [3.8, 4) is 22.8 Å². The molecule has 0 saturated heterocycles. The minimum absolute atomic E-state index is 0.0405. The molecule has 0 saturated carbocycles. The lowest BCUT2D eigenvalue weighted by atomic mass is 10.2. The first-order valence-electron chi connectivity index (χ1n) is 8.18. The fourth-order valence-corrected chi connectivity index (χ4v) is 2.90. The Morgan fingerprint density at radius 3 is 1.92 bits per heavy atom. The molecule has 0 N–H and O–H groups in total. The molecule has 0 aliphatic rings. The summed E-state index contributed by atoms with van der Waals surface area (Å²) in [6.45, 7) is 0. The molecule has 0 aliphatic heterocycles. The van der Waals surface area contributed by atoms with E-state index in [1.807, 2.05) is 91.0 Å². The van der Waals surface area contributed by atoms with Crippen LogP contribution < -0.4 is 9.67 Å². The van der Waals surface area contributed by atoms with E-state index in [0.29, 0.717) is 17.2 Å². The molecule has 0 amide bonds. The van der Waals surface area contributed by atoms with Gasteiger partial charge in [-0.3, -0.25) is 0 Å². The predicted octanol–water partition coefficient (Wildman–Crippen LogP) is 2.18. The van der Waals surface area contributed by atoms with E-state index >= 15 is 0 Å². The third kappa shape index (κ3) is 2.75. The molecular weight excluding hydrogens is 326 g/mol. The van der Waals surface area contributed by atoms with E-state index < -0.39 is 5.97 Å². The number of rotatable bonds is 4. The quantitative estimate of drug-likeness (QED) is 0.535. The Kier molecular flexibility index (Phi) is 4.03. The Bertz CT molecular complexity index is 1040. The standard InChI is InChI=1S/C21H15N3O2/c25-21(26)20-23(17-12-6-2-7-13-17)19(16-10-4-1-5-11-16)22-24(20)18-14-8-3-9-15-18/h1-15H. The third-order valence-electron chi connectivity index (χ3n) is 4.05. The maximum Gasteiger partial charge on any atom is 0.314 e. The summed E-state index contributed by atoms with van der Waals surface area (Å²) < 4.78 is 3.02. The number of carboxylic acids is 1. The Morgan fingerprint density at radius 1 is 0.808 bits per heavy atom. The van der Waals surface area contributed by atoms with Crippen molar-refractivity contribution < 1.29 is 14.5 Å². The maximum atomic E-state index is 12.0. The lowest BCUT2D eigenvalue weighted by molar-refractivity contribution is -0.590. The number of carbonyl (C=O) groups is 1. The molecular formula is C21H15N3O2. The number of carboxylic acid groups (broad SMARTS) is 1. The van der Waals surface area contributed by atoms with Gasteiger partial charge in [0.25, 0.3) is 5.82 Å². The van der Waals surface area contributed by atoms with Crippen LogP contribution in [0.4, 0.5) is 0 Å². The molecule has 126 valence electrons. The number of aromatic nitrogens is 3. The van der Waals surface area contributed by atoms with Gasteiger partial charge in [0.05, 0.1) is 10.7 Å². The Balaban J connectivity index is 2.07. The average molecular weight is 341 g/mol. The van der Waals surface area contributed by atoms with Crippen molar-refractivity contribution in [2.45, 2.75) is 0 Å². The molecule has 26 heavy (non-hydrogen) atoms. The molecule has 1 heterocycles. The van der Waals surface area contributed by atoms with E-state index in [1.165, 1.54) is 4.68 Å². The summed E-state index contributed by atoms with van der Waals surface area (Å²) in [5.74, 6) is -0.812. The Morgan fingerprint density at radius 2 is 1.35 bits per heavy atom. The summed E-state index contributed by atoms with van der Waals surface area (Å²) >= 11 is 0. The second-order valence-electron chi connectivity index (χ2n) is 5.72. The van der Waals surface area contributed by atoms with Crippen molar-refractivity contribution in [1.82, 2.24) is 9.78 Å². The van der Waals surface area contributed by atoms with Crippen LogP contribution in [0, 0.1) is 0 Å². The smallest absolute Gasteiger partial charge is 0.314 e. The molecule has 5 nitrogen and oxygen atoms in total. The number of para-hydroxylation sites is 2. The zero-order chi connectivity index (χ0) is 17.9. The van der Waals surface area contributed by atoms with Crippen LogP contribution in [0.5, 0.6) is 0 Å². The lowest BCUT2D eigenvalue weighted by Gasteiger charge is -2.06. The molecule has 0 aliphatic carbocycles. The second kappa shape index (κ2) is 6.64. The van der Waals surface area contributed by atoms with Crippen LogP contribution in [-0.2, 0) is 0 Å². The van der Waals surface area contributed by atoms with Crippen LogP contribution in [0.2, 0.25) is 0 Å². The number of benzene rings is 3. The van der Waals surface area contributed by atoms with Gasteiger partial charge in [-0.25, -0.2) is 0 Å². The number of nitrogens with zero attached hydrogens (tertiary/aromatic N) is 3. The zero-order valence-corrected chi connectivity index (χ0v) is 13.8. The highest BCUT2D eigenvalue weighted by Gasteiger charge is 2.30. The predicted molar refractivity (Wildman–Crippen MR) is 94.9 cm³/mol. The average Bonchev–Trinajstić information content (AvgIpc) is 3.11. The van der Waals surface area contributed by atoms with Crippen molar-refractivity contribution in [3.63, 3.8) is 0 Å².